The van der Waals surface area contributed by atoms with Crippen LogP contribution in [-0.4, -0.2) is 9.55 Å². The van der Waals surface area contributed by atoms with Gasteiger partial charge in [0.05, 0.1) is 11.0 Å². The topological polar surface area (TPSA) is 17.8 Å². The molecule has 0 aliphatic rings. The molecule has 0 fully saturated rings. The number of rotatable bonds is 4. The van der Waals surface area contributed by atoms with E-state index in [1.807, 2.05) is 0 Å². The van der Waals surface area contributed by atoms with Crippen molar-refractivity contribution in [3.05, 3.63) is 188 Å². The van der Waals surface area contributed by atoms with E-state index < -0.39 is 0 Å². The Kier molecular flexibility index (Phi) is 6.94. The van der Waals surface area contributed by atoms with Crippen molar-refractivity contribution in [2.24, 2.45) is 0 Å². The highest BCUT2D eigenvalue weighted by molar-refractivity contribution is 6.36. The van der Waals surface area contributed by atoms with Gasteiger partial charge in [-0.25, -0.2) is 4.98 Å². The maximum atomic E-state index is 5.06. The van der Waals surface area contributed by atoms with Gasteiger partial charge in [0.25, 0.3) is 0 Å². The van der Waals surface area contributed by atoms with Crippen LogP contribution in [0.25, 0.3) is 120 Å². The molecule has 0 aliphatic heterocycles. The van der Waals surface area contributed by atoms with Gasteiger partial charge in [0, 0.05) is 12.1 Å². The minimum atomic E-state index is 0.862. The molecule has 0 N–H and O–H groups in total. The molecule has 12 rings (SSSR count). The first kappa shape index (κ1) is 32.0. The number of fused-ring (bicyclic) bond motifs is 8. The summed E-state index contributed by atoms with van der Waals surface area (Å²) in [5, 5.41) is 17.8. The van der Waals surface area contributed by atoms with E-state index in [1.165, 1.54) is 103 Å². The van der Waals surface area contributed by atoms with Crippen molar-refractivity contribution >= 4 is 86.4 Å². The molecule has 1 heterocycles. The lowest BCUT2D eigenvalue weighted by atomic mass is 9.82. The number of aryl methyl sites for hydroxylation is 1. The molecule has 11 aromatic carbocycles. The van der Waals surface area contributed by atoms with Gasteiger partial charge in [-0.05, 0) is 123 Å². The minimum Gasteiger partial charge on any atom is -0.324 e. The molecule has 1 aromatic heterocycles. The minimum absolute atomic E-state index is 0.862. The average Bonchev–Trinajstić information content (AvgIpc) is 3.66. The van der Waals surface area contributed by atoms with Gasteiger partial charge in [-0.3, -0.25) is 0 Å². The standard InChI is InChI=1S/C55H36N2/c1-2-57-50-28-12-11-27-49(50)56-55(57)35-31-29-34(30-32-35)51-43-20-7-9-22-45(43)53(46-23-10-8-21-44(46)51)48-33-36-15-13-24-41-39-18-5-3-16-37(39)38-17-4-6-19-40(38)42-25-14-26-47(48)54(42)52(36)41/h3-33H,2H2,1H3. The third-order valence-corrected chi connectivity index (χ3v) is 12.3. The van der Waals surface area contributed by atoms with Gasteiger partial charge in [0.2, 0.25) is 0 Å². The molecule has 0 bridgehead atoms. The number of benzene rings is 10. The Labute approximate surface area is 329 Å². The van der Waals surface area contributed by atoms with Crippen molar-refractivity contribution in [2.45, 2.75) is 13.5 Å². The molecule has 12 aromatic rings. The summed E-state index contributed by atoms with van der Waals surface area (Å²) in [6.45, 7) is 3.05. The van der Waals surface area contributed by atoms with Crippen LogP contribution in [0.5, 0.6) is 0 Å². The number of imidazole rings is 1. The third kappa shape index (κ3) is 4.62. The van der Waals surface area contributed by atoms with E-state index in [-0.39, 0.29) is 0 Å². The van der Waals surface area contributed by atoms with Crippen LogP contribution in [0, 0.1) is 0 Å². The van der Waals surface area contributed by atoms with Gasteiger partial charge < -0.3 is 4.57 Å². The Bertz CT molecular complexity index is 3550. The van der Waals surface area contributed by atoms with Crippen LogP contribution in [0.1, 0.15) is 6.92 Å². The Morgan fingerprint density at radius 1 is 0.386 bits per heavy atom. The predicted molar refractivity (Wildman–Crippen MR) is 244 cm³/mol. The van der Waals surface area contributed by atoms with Crippen LogP contribution in [0.4, 0.5) is 0 Å². The highest BCUT2D eigenvalue weighted by atomic mass is 15.1. The summed E-state index contributed by atoms with van der Waals surface area (Å²) in [5.41, 5.74) is 8.31. The van der Waals surface area contributed by atoms with Crippen LogP contribution in [0.15, 0.2) is 188 Å². The monoisotopic (exact) mass is 724 g/mol. The van der Waals surface area contributed by atoms with Gasteiger partial charge in [-0.1, -0.05) is 170 Å². The zero-order chi connectivity index (χ0) is 37.6. The van der Waals surface area contributed by atoms with Gasteiger partial charge in [0.1, 0.15) is 5.82 Å². The smallest absolute Gasteiger partial charge is 0.141 e. The molecule has 0 spiro atoms. The van der Waals surface area contributed by atoms with Crippen molar-refractivity contribution < 1.29 is 0 Å². The molecule has 0 radical (unpaired) electrons. The number of hydrogen-bond donors (Lipinski definition) is 0. The largest absolute Gasteiger partial charge is 0.324 e. The molecule has 57 heavy (non-hydrogen) atoms. The normalized spacial score (nSPS) is 12.0. The Morgan fingerprint density at radius 2 is 0.842 bits per heavy atom. The average molecular weight is 725 g/mol. The van der Waals surface area contributed by atoms with Gasteiger partial charge in [-0.15, -0.1) is 0 Å². The molecule has 0 saturated carbocycles. The first-order valence-electron chi connectivity index (χ1n) is 19.9. The van der Waals surface area contributed by atoms with E-state index in [9.17, 15) is 0 Å². The molecular weight excluding hydrogens is 689 g/mol. The highest BCUT2D eigenvalue weighted by Gasteiger charge is 2.21. The van der Waals surface area contributed by atoms with Crippen molar-refractivity contribution in [1.82, 2.24) is 9.55 Å². The fourth-order valence-electron chi connectivity index (χ4n) is 9.94. The lowest BCUT2D eigenvalue weighted by Crippen LogP contribution is -1.97. The molecule has 0 aliphatic carbocycles. The summed E-state index contributed by atoms with van der Waals surface area (Å²) < 4.78 is 2.31. The predicted octanol–water partition coefficient (Wildman–Crippen LogP) is 15.1. The summed E-state index contributed by atoms with van der Waals surface area (Å²) in [7, 11) is 0. The summed E-state index contributed by atoms with van der Waals surface area (Å²) in [4.78, 5) is 5.06. The second kappa shape index (κ2) is 12.4. The lowest BCUT2D eigenvalue weighted by Gasteiger charge is -2.21. The Morgan fingerprint density at radius 3 is 1.46 bits per heavy atom. The zero-order valence-electron chi connectivity index (χ0n) is 31.5. The van der Waals surface area contributed by atoms with E-state index in [4.69, 9.17) is 4.98 Å². The van der Waals surface area contributed by atoms with Gasteiger partial charge in [0.15, 0.2) is 0 Å². The number of aromatic nitrogens is 2. The molecular formula is C55H36N2. The number of para-hydroxylation sites is 2. The van der Waals surface area contributed by atoms with Crippen LogP contribution < -0.4 is 0 Å². The van der Waals surface area contributed by atoms with E-state index in [2.05, 4.69) is 200 Å². The maximum absolute atomic E-state index is 5.06. The van der Waals surface area contributed by atoms with Crippen molar-refractivity contribution in [1.29, 1.82) is 0 Å². The lowest BCUT2D eigenvalue weighted by molar-refractivity contribution is 0.796. The highest BCUT2D eigenvalue weighted by Crippen LogP contribution is 2.49. The van der Waals surface area contributed by atoms with Crippen LogP contribution in [0.3, 0.4) is 0 Å². The number of hydrogen-bond acceptors (Lipinski definition) is 1. The summed E-state index contributed by atoms with van der Waals surface area (Å²) >= 11 is 0. The fourth-order valence-corrected chi connectivity index (χ4v) is 9.94. The van der Waals surface area contributed by atoms with Crippen LogP contribution in [-0.2, 0) is 6.54 Å². The van der Waals surface area contributed by atoms with Crippen molar-refractivity contribution in [3.8, 4) is 33.6 Å². The maximum Gasteiger partial charge on any atom is 0.141 e. The molecule has 266 valence electrons. The van der Waals surface area contributed by atoms with Gasteiger partial charge in [-0.2, -0.15) is 0 Å². The van der Waals surface area contributed by atoms with Crippen LogP contribution in [0.2, 0.25) is 0 Å². The van der Waals surface area contributed by atoms with Crippen molar-refractivity contribution in [3.63, 3.8) is 0 Å². The number of nitrogens with zero attached hydrogens (tertiary/aromatic N) is 2. The molecule has 2 nitrogen and oxygen atoms in total. The van der Waals surface area contributed by atoms with Crippen molar-refractivity contribution in [2.75, 3.05) is 0 Å². The molecule has 0 unspecified atom stereocenters. The first-order valence-corrected chi connectivity index (χ1v) is 19.9. The second-order valence-electron chi connectivity index (χ2n) is 15.2. The molecule has 2 heteroatoms. The van der Waals surface area contributed by atoms with E-state index in [0.717, 1.165) is 23.4 Å². The fraction of sp³-hybridized carbons (Fsp3) is 0.0364. The zero-order valence-corrected chi connectivity index (χ0v) is 31.5. The quantitative estimate of drug-likeness (QED) is 0.131. The Balaban J connectivity index is 1.17. The van der Waals surface area contributed by atoms with Gasteiger partial charge >= 0.3 is 0 Å². The van der Waals surface area contributed by atoms with E-state index in [1.54, 1.807) is 0 Å². The Hall–Kier alpha value is -7.29. The van der Waals surface area contributed by atoms with E-state index in [0.29, 0.717) is 0 Å². The molecule has 0 atom stereocenters. The third-order valence-electron chi connectivity index (χ3n) is 12.3. The SMILES string of the molecule is CCn1c(-c2ccc(-c3c4ccccc4c(-c4cc5cccc6c7ccccc7c7ccccc7c7cccc4c7c56)c4ccccc34)cc2)nc2ccccc21. The first-order chi connectivity index (χ1) is 28.3. The van der Waals surface area contributed by atoms with E-state index >= 15 is 0 Å². The van der Waals surface area contributed by atoms with Crippen LogP contribution >= 0.6 is 0 Å². The summed E-state index contributed by atoms with van der Waals surface area (Å²) in [6, 6.07) is 69.6. The summed E-state index contributed by atoms with van der Waals surface area (Å²) in [6.07, 6.45) is 0. The second-order valence-corrected chi connectivity index (χ2v) is 15.2. The summed E-state index contributed by atoms with van der Waals surface area (Å²) in [5.74, 6) is 1.01. The molecule has 0 saturated heterocycles. The molecule has 0 amide bonds.